The van der Waals surface area contributed by atoms with Gasteiger partial charge < -0.3 is 10.1 Å². The number of amides is 1. The van der Waals surface area contributed by atoms with Crippen LogP contribution in [0.1, 0.15) is 34.1 Å². The molecule has 9 heteroatoms. The predicted octanol–water partition coefficient (Wildman–Crippen LogP) is 4.98. The number of sulfonamides is 1. The first-order chi connectivity index (χ1) is 15.7. The van der Waals surface area contributed by atoms with Gasteiger partial charge in [-0.3, -0.25) is 9.10 Å². The van der Waals surface area contributed by atoms with Crippen LogP contribution in [0.2, 0.25) is 5.02 Å². The maximum absolute atomic E-state index is 13.1. The summed E-state index contributed by atoms with van der Waals surface area (Å²) in [7, 11) is -2.48. The maximum Gasteiger partial charge on any atom is 0.338 e. The molecular weight excluding hydrogens is 464 g/mol. The number of nitrogens with one attached hydrogen (secondary N) is 1. The summed E-state index contributed by atoms with van der Waals surface area (Å²) in [5, 5.41) is 2.77. The lowest BCUT2D eigenvalue weighted by molar-refractivity contribution is 0.0505. The number of benzene rings is 3. The van der Waals surface area contributed by atoms with Gasteiger partial charge in [-0.25, -0.2) is 13.2 Å². The molecule has 1 amide bonds. The van der Waals surface area contributed by atoms with E-state index in [1.54, 1.807) is 42.5 Å². The smallest absolute Gasteiger partial charge is 0.338 e. The van der Waals surface area contributed by atoms with Crippen LogP contribution in [0.15, 0.2) is 77.7 Å². The number of hydrogen-bond donors (Lipinski definition) is 1. The van der Waals surface area contributed by atoms with Crippen molar-refractivity contribution in [1.82, 2.24) is 0 Å². The van der Waals surface area contributed by atoms with Crippen LogP contribution in [-0.2, 0) is 14.8 Å². The van der Waals surface area contributed by atoms with Crippen molar-refractivity contribution < 1.29 is 22.7 Å². The molecule has 172 valence electrons. The number of para-hydroxylation sites is 1. The van der Waals surface area contributed by atoms with Crippen molar-refractivity contribution in [1.29, 1.82) is 0 Å². The predicted molar refractivity (Wildman–Crippen MR) is 128 cm³/mol. The average molecular weight is 487 g/mol. The van der Waals surface area contributed by atoms with E-state index in [2.05, 4.69) is 5.32 Å². The first-order valence-electron chi connectivity index (χ1n) is 10.2. The fourth-order valence-electron chi connectivity index (χ4n) is 2.94. The topological polar surface area (TPSA) is 92.8 Å². The number of carbonyl (C=O) groups is 2. The van der Waals surface area contributed by atoms with Gasteiger partial charge in [0, 0.05) is 12.7 Å². The van der Waals surface area contributed by atoms with Gasteiger partial charge in [0.15, 0.2) is 0 Å². The van der Waals surface area contributed by atoms with Crippen LogP contribution in [-0.4, -0.2) is 33.9 Å². The molecule has 0 unspecified atom stereocenters. The van der Waals surface area contributed by atoms with Crippen LogP contribution in [0.5, 0.6) is 0 Å². The van der Waals surface area contributed by atoms with Crippen molar-refractivity contribution >= 4 is 44.9 Å². The second-order valence-electron chi connectivity index (χ2n) is 7.12. The van der Waals surface area contributed by atoms with E-state index in [1.165, 1.54) is 37.4 Å². The van der Waals surface area contributed by atoms with Crippen LogP contribution in [0.25, 0.3) is 0 Å². The highest BCUT2D eigenvalue weighted by Gasteiger charge is 2.24. The first kappa shape index (κ1) is 24.3. The lowest BCUT2D eigenvalue weighted by Crippen LogP contribution is -2.27. The molecule has 0 atom stereocenters. The Balaban J connectivity index is 1.80. The molecule has 3 aromatic rings. The van der Waals surface area contributed by atoms with Crippen molar-refractivity contribution in [2.75, 3.05) is 23.3 Å². The molecule has 0 aliphatic rings. The molecule has 1 N–H and O–H groups in total. The fraction of sp³-hybridized carbons (Fsp3) is 0.167. The highest BCUT2D eigenvalue weighted by atomic mass is 35.5. The normalized spacial score (nSPS) is 11.0. The highest BCUT2D eigenvalue weighted by Crippen LogP contribution is 2.26. The summed E-state index contributed by atoms with van der Waals surface area (Å²) in [5.41, 5.74) is 1.26. The van der Waals surface area contributed by atoms with E-state index in [4.69, 9.17) is 16.3 Å². The van der Waals surface area contributed by atoms with Gasteiger partial charge in [0.05, 0.1) is 33.3 Å². The second-order valence-corrected chi connectivity index (χ2v) is 9.49. The minimum atomic E-state index is -3.92. The van der Waals surface area contributed by atoms with Crippen molar-refractivity contribution in [2.24, 2.45) is 0 Å². The third-order valence-electron chi connectivity index (χ3n) is 4.78. The van der Waals surface area contributed by atoms with Crippen molar-refractivity contribution in [3.05, 3.63) is 88.9 Å². The number of rotatable bonds is 8. The Morgan fingerprint density at radius 1 is 1.00 bits per heavy atom. The molecule has 3 aromatic carbocycles. The van der Waals surface area contributed by atoms with Crippen LogP contribution in [0.4, 0.5) is 11.4 Å². The molecule has 0 radical (unpaired) electrons. The summed E-state index contributed by atoms with van der Waals surface area (Å²) in [6.07, 6.45) is 0.719. The quantitative estimate of drug-likeness (QED) is 0.453. The molecule has 33 heavy (non-hydrogen) atoms. The largest absolute Gasteiger partial charge is 0.462 e. The zero-order valence-electron chi connectivity index (χ0n) is 18.1. The lowest BCUT2D eigenvalue weighted by Gasteiger charge is -2.20. The molecule has 0 saturated heterocycles. The number of halogens is 1. The summed E-state index contributed by atoms with van der Waals surface area (Å²) < 4.78 is 32.3. The van der Waals surface area contributed by atoms with E-state index >= 15 is 0 Å². The van der Waals surface area contributed by atoms with Crippen molar-refractivity contribution in [3.63, 3.8) is 0 Å². The van der Waals surface area contributed by atoms with E-state index in [0.29, 0.717) is 23.5 Å². The van der Waals surface area contributed by atoms with Gasteiger partial charge in [0.2, 0.25) is 0 Å². The van der Waals surface area contributed by atoms with Crippen LogP contribution >= 0.6 is 11.6 Å². The molecule has 0 aliphatic carbocycles. The number of ether oxygens (including phenoxy) is 1. The standard InChI is InChI=1S/C24H23ClN2O5S/c1-3-15-32-24(29)17-9-11-18(12-10-17)26-23(28)21-16-20(13-14-22(21)25)33(30,31)27(2)19-7-5-4-6-8-19/h4-14,16H,3,15H2,1-2H3,(H,26,28). The van der Waals surface area contributed by atoms with E-state index < -0.39 is 21.9 Å². The van der Waals surface area contributed by atoms with Gasteiger partial charge in [-0.2, -0.15) is 0 Å². The molecular formula is C24H23ClN2O5S. The minimum Gasteiger partial charge on any atom is -0.462 e. The van der Waals surface area contributed by atoms with Crippen molar-refractivity contribution in [2.45, 2.75) is 18.2 Å². The molecule has 0 spiro atoms. The van der Waals surface area contributed by atoms with Crippen LogP contribution in [0, 0.1) is 0 Å². The van der Waals surface area contributed by atoms with Gasteiger partial charge >= 0.3 is 5.97 Å². The summed E-state index contributed by atoms with van der Waals surface area (Å²) in [4.78, 5) is 24.7. The van der Waals surface area contributed by atoms with E-state index in [0.717, 1.165) is 10.7 Å². The molecule has 0 saturated carbocycles. The highest BCUT2D eigenvalue weighted by molar-refractivity contribution is 7.92. The molecule has 0 heterocycles. The van der Waals surface area contributed by atoms with E-state index in [1.807, 2.05) is 6.92 Å². The van der Waals surface area contributed by atoms with Gasteiger partial charge in [-0.1, -0.05) is 36.7 Å². The third kappa shape index (κ3) is 5.71. The van der Waals surface area contributed by atoms with E-state index in [9.17, 15) is 18.0 Å². The molecule has 0 aromatic heterocycles. The zero-order chi connectivity index (χ0) is 24.0. The zero-order valence-corrected chi connectivity index (χ0v) is 19.7. The molecule has 3 rings (SSSR count). The Kier molecular flexibility index (Phi) is 7.73. The Morgan fingerprint density at radius 3 is 2.30 bits per heavy atom. The summed E-state index contributed by atoms with van der Waals surface area (Å²) in [6.45, 7) is 2.23. The Hall–Kier alpha value is -3.36. The monoisotopic (exact) mass is 486 g/mol. The molecule has 7 nitrogen and oxygen atoms in total. The van der Waals surface area contributed by atoms with Gasteiger partial charge in [0.1, 0.15) is 0 Å². The average Bonchev–Trinajstić information content (AvgIpc) is 2.83. The lowest BCUT2D eigenvalue weighted by atomic mass is 10.2. The Morgan fingerprint density at radius 2 is 1.67 bits per heavy atom. The van der Waals surface area contributed by atoms with Crippen LogP contribution in [0.3, 0.4) is 0 Å². The maximum atomic E-state index is 13.1. The molecule has 0 bridgehead atoms. The first-order valence-corrected chi connectivity index (χ1v) is 12.0. The van der Waals surface area contributed by atoms with Crippen molar-refractivity contribution in [3.8, 4) is 0 Å². The summed E-state index contributed by atoms with van der Waals surface area (Å²) >= 11 is 6.19. The van der Waals surface area contributed by atoms with Crippen LogP contribution < -0.4 is 9.62 Å². The summed E-state index contributed by atoms with van der Waals surface area (Å²) in [5.74, 6) is -1.03. The van der Waals surface area contributed by atoms with Gasteiger partial charge in [-0.05, 0) is 61.0 Å². The van der Waals surface area contributed by atoms with E-state index in [-0.39, 0.29) is 15.5 Å². The molecule has 0 aliphatic heterocycles. The number of anilines is 2. The summed E-state index contributed by atoms with van der Waals surface area (Å²) in [6, 6.07) is 18.7. The minimum absolute atomic E-state index is 0.00522. The Labute approximate surface area is 198 Å². The van der Waals surface area contributed by atoms with Gasteiger partial charge in [-0.15, -0.1) is 0 Å². The second kappa shape index (κ2) is 10.5. The Bertz CT molecular complexity index is 1250. The SMILES string of the molecule is CCCOC(=O)c1ccc(NC(=O)c2cc(S(=O)(=O)N(C)c3ccccc3)ccc2Cl)cc1. The number of esters is 1. The number of carbonyl (C=O) groups excluding carboxylic acids is 2. The van der Waals surface area contributed by atoms with Gasteiger partial charge in [0.25, 0.3) is 15.9 Å². The number of hydrogen-bond acceptors (Lipinski definition) is 5. The number of nitrogens with zero attached hydrogens (tertiary/aromatic N) is 1. The molecule has 0 fully saturated rings. The fourth-order valence-corrected chi connectivity index (χ4v) is 4.37. The third-order valence-corrected chi connectivity index (χ3v) is 6.89.